The van der Waals surface area contributed by atoms with Crippen LogP contribution in [0.2, 0.25) is 0 Å². The van der Waals surface area contributed by atoms with Crippen molar-refractivity contribution in [1.82, 2.24) is 29.9 Å². The molecule has 0 radical (unpaired) electrons. The van der Waals surface area contributed by atoms with Crippen LogP contribution in [-0.4, -0.2) is 48.1 Å². The van der Waals surface area contributed by atoms with Gasteiger partial charge in [0.25, 0.3) is 5.56 Å². The van der Waals surface area contributed by atoms with Gasteiger partial charge in [-0.05, 0) is 43.9 Å². The lowest BCUT2D eigenvalue weighted by molar-refractivity contribution is 0.259. The molecule has 8 heteroatoms. The molecule has 3 heterocycles. The van der Waals surface area contributed by atoms with E-state index in [4.69, 9.17) is 0 Å². The van der Waals surface area contributed by atoms with E-state index in [0.717, 1.165) is 25.7 Å². The summed E-state index contributed by atoms with van der Waals surface area (Å²) in [5, 5.41) is 12.4. The van der Waals surface area contributed by atoms with Crippen LogP contribution in [0.5, 0.6) is 0 Å². The molecule has 1 aliphatic carbocycles. The van der Waals surface area contributed by atoms with Crippen molar-refractivity contribution in [2.75, 3.05) is 11.5 Å². The largest absolute Gasteiger partial charge is 0.310 e. The highest BCUT2D eigenvalue weighted by Crippen LogP contribution is 2.28. The summed E-state index contributed by atoms with van der Waals surface area (Å²) < 4.78 is 3.22. The predicted molar refractivity (Wildman–Crippen MR) is 93.6 cm³/mol. The summed E-state index contributed by atoms with van der Waals surface area (Å²) in [5.74, 6) is 3.15. The SMILES string of the molecule is O=c1ccc(-n2cncn2)nn1C1CCC(NC2CCSC2)CC1. The number of hydrogen-bond acceptors (Lipinski definition) is 6. The monoisotopic (exact) mass is 346 g/mol. The second kappa shape index (κ2) is 7.06. The van der Waals surface area contributed by atoms with Crippen molar-refractivity contribution in [2.24, 2.45) is 0 Å². The van der Waals surface area contributed by atoms with Gasteiger partial charge in [-0.1, -0.05) is 0 Å². The van der Waals surface area contributed by atoms with Gasteiger partial charge >= 0.3 is 0 Å². The average molecular weight is 346 g/mol. The Kier molecular flexibility index (Phi) is 4.66. The quantitative estimate of drug-likeness (QED) is 0.902. The lowest BCUT2D eigenvalue weighted by Crippen LogP contribution is -2.41. The van der Waals surface area contributed by atoms with Crippen molar-refractivity contribution in [2.45, 2.75) is 50.2 Å². The summed E-state index contributed by atoms with van der Waals surface area (Å²) in [6.07, 6.45) is 8.54. The first-order valence-corrected chi connectivity index (χ1v) is 9.74. The van der Waals surface area contributed by atoms with E-state index in [2.05, 4.69) is 20.5 Å². The normalized spacial score (nSPS) is 27.4. The number of rotatable bonds is 4. The summed E-state index contributed by atoms with van der Waals surface area (Å²) >= 11 is 2.04. The molecule has 2 aliphatic rings. The van der Waals surface area contributed by atoms with E-state index >= 15 is 0 Å². The van der Waals surface area contributed by atoms with Crippen LogP contribution in [0.1, 0.15) is 38.1 Å². The van der Waals surface area contributed by atoms with E-state index in [1.165, 1.54) is 24.3 Å². The molecule has 2 aromatic heterocycles. The van der Waals surface area contributed by atoms with Crippen LogP contribution in [0.4, 0.5) is 0 Å². The Morgan fingerprint density at radius 2 is 2.00 bits per heavy atom. The zero-order valence-corrected chi connectivity index (χ0v) is 14.4. The molecule has 1 saturated carbocycles. The number of thioether (sulfide) groups is 1. The van der Waals surface area contributed by atoms with Gasteiger partial charge in [-0.15, -0.1) is 5.10 Å². The van der Waals surface area contributed by atoms with E-state index in [9.17, 15) is 4.79 Å². The Morgan fingerprint density at radius 3 is 2.71 bits per heavy atom. The third-order valence-electron chi connectivity index (χ3n) is 4.91. The number of aromatic nitrogens is 5. The van der Waals surface area contributed by atoms with Gasteiger partial charge in [-0.3, -0.25) is 4.79 Å². The van der Waals surface area contributed by atoms with E-state index in [1.54, 1.807) is 27.8 Å². The van der Waals surface area contributed by atoms with Gasteiger partial charge in [0.1, 0.15) is 12.7 Å². The van der Waals surface area contributed by atoms with Crippen molar-refractivity contribution < 1.29 is 0 Å². The highest BCUT2D eigenvalue weighted by molar-refractivity contribution is 7.99. The zero-order valence-electron chi connectivity index (χ0n) is 13.5. The second-order valence-electron chi connectivity index (χ2n) is 6.55. The lowest BCUT2D eigenvalue weighted by atomic mass is 9.90. The second-order valence-corrected chi connectivity index (χ2v) is 7.70. The molecule has 0 aromatic carbocycles. The molecule has 2 fully saturated rings. The minimum Gasteiger partial charge on any atom is -0.310 e. The van der Waals surface area contributed by atoms with Gasteiger partial charge in [0.2, 0.25) is 0 Å². The predicted octanol–water partition coefficient (Wildman–Crippen LogP) is 1.40. The summed E-state index contributed by atoms with van der Waals surface area (Å²) in [6, 6.07) is 4.70. The van der Waals surface area contributed by atoms with Crippen LogP contribution in [0.25, 0.3) is 5.82 Å². The molecule has 1 saturated heterocycles. The summed E-state index contributed by atoms with van der Waals surface area (Å²) in [5.41, 5.74) is -0.0394. The van der Waals surface area contributed by atoms with E-state index < -0.39 is 0 Å². The third kappa shape index (κ3) is 3.39. The third-order valence-corrected chi connectivity index (χ3v) is 6.07. The maximum Gasteiger partial charge on any atom is 0.267 e. The van der Waals surface area contributed by atoms with Gasteiger partial charge < -0.3 is 5.32 Å². The number of nitrogens with zero attached hydrogens (tertiary/aromatic N) is 5. The van der Waals surface area contributed by atoms with Crippen LogP contribution in [0, 0.1) is 0 Å². The first-order chi connectivity index (χ1) is 11.8. The highest BCUT2D eigenvalue weighted by atomic mass is 32.2. The molecular weight excluding hydrogens is 324 g/mol. The van der Waals surface area contributed by atoms with Gasteiger partial charge in [-0.25, -0.2) is 14.3 Å². The van der Waals surface area contributed by atoms with Crippen LogP contribution < -0.4 is 10.9 Å². The fourth-order valence-corrected chi connectivity index (χ4v) is 4.78. The van der Waals surface area contributed by atoms with Crippen molar-refractivity contribution >= 4 is 11.8 Å². The summed E-state index contributed by atoms with van der Waals surface area (Å²) in [7, 11) is 0. The maximum absolute atomic E-state index is 12.2. The van der Waals surface area contributed by atoms with E-state index in [0.29, 0.717) is 17.9 Å². The molecule has 24 heavy (non-hydrogen) atoms. The van der Waals surface area contributed by atoms with Gasteiger partial charge in [0, 0.05) is 23.9 Å². The Balaban J connectivity index is 1.43. The van der Waals surface area contributed by atoms with Crippen LogP contribution >= 0.6 is 11.8 Å². The fraction of sp³-hybridized carbons (Fsp3) is 0.625. The summed E-state index contributed by atoms with van der Waals surface area (Å²) in [6.45, 7) is 0. The van der Waals surface area contributed by atoms with Crippen molar-refractivity contribution in [3.63, 3.8) is 0 Å². The Labute approximate surface area is 144 Å². The van der Waals surface area contributed by atoms with Crippen LogP contribution in [-0.2, 0) is 0 Å². The number of hydrogen-bond donors (Lipinski definition) is 1. The van der Waals surface area contributed by atoms with Crippen molar-refractivity contribution in [3.8, 4) is 5.82 Å². The molecule has 128 valence electrons. The topological polar surface area (TPSA) is 77.6 Å². The highest BCUT2D eigenvalue weighted by Gasteiger charge is 2.26. The first-order valence-electron chi connectivity index (χ1n) is 8.58. The molecule has 0 amide bonds. The molecule has 0 spiro atoms. The van der Waals surface area contributed by atoms with Crippen molar-refractivity contribution in [1.29, 1.82) is 0 Å². The molecular formula is C16H22N6OS. The Hall–Kier alpha value is -1.67. The Morgan fingerprint density at radius 1 is 1.12 bits per heavy atom. The number of nitrogens with one attached hydrogen (secondary N) is 1. The van der Waals surface area contributed by atoms with Gasteiger partial charge in [0.15, 0.2) is 5.82 Å². The van der Waals surface area contributed by atoms with Gasteiger partial charge in [0.05, 0.1) is 6.04 Å². The maximum atomic E-state index is 12.2. The minimum absolute atomic E-state index is 0.0394. The molecule has 4 rings (SSSR count). The Bertz CT molecular complexity index is 716. The van der Waals surface area contributed by atoms with E-state index in [1.807, 2.05) is 11.8 Å². The van der Waals surface area contributed by atoms with Crippen LogP contribution in [0.15, 0.2) is 29.6 Å². The molecule has 1 aliphatic heterocycles. The first kappa shape index (κ1) is 15.8. The van der Waals surface area contributed by atoms with Crippen LogP contribution in [0.3, 0.4) is 0 Å². The average Bonchev–Trinajstić information content (AvgIpc) is 3.30. The molecule has 1 unspecified atom stereocenters. The van der Waals surface area contributed by atoms with Crippen molar-refractivity contribution in [3.05, 3.63) is 35.1 Å². The molecule has 7 nitrogen and oxygen atoms in total. The molecule has 0 bridgehead atoms. The van der Waals surface area contributed by atoms with Gasteiger partial charge in [-0.2, -0.15) is 16.9 Å². The molecule has 1 N–H and O–H groups in total. The fourth-order valence-electron chi connectivity index (χ4n) is 3.61. The molecule has 1 atom stereocenters. The molecule has 2 aromatic rings. The standard InChI is InChI=1S/C16H22N6OS/c23-16-6-5-15(21-11-17-10-18-21)20-22(16)14-3-1-12(2-4-14)19-13-7-8-24-9-13/h5-6,10-14,19H,1-4,7-9H2. The minimum atomic E-state index is -0.0394. The van der Waals surface area contributed by atoms with E-state index in [-0.39, 0.29) is 11.6 Å². The smallest absolute Gasteiger partial charge is 0.267 e. The summed E-state index contributed by atoms with van der Waals surface area (Å²) in [4.78, 5) is 16.2. The zero-order chi connectivity index (χ0) is 16.4. The lowest BCUT2D eigenvalue weighted by Gasteiger charge is -2.31.